The summed E-state index contributed by atoms with van der Waals surface area (Å²) >= 11 is 0. The van der Waals surface area contributed by atoms with Gasteiger partial charge in [-0.3, -0.25) is 0 Å². The molecule has 2 aliphatic rings. The second kappa shape index (κ2) is 4.98. The third-order valence-corrected chi connectivity index (χ3v) is 5.09. The summed E-state index contributed by atoms with van der Waals surface area (Å²) in [6.45, 7) is 5.21. The molecule has 0 spiro atoms. The maximum Gasteiger partial charge on any atom is 0.269 e. The molecule has 2 rings (SSSR count). The van der Waals surface area contributed by atoms with Crippen LogP contribution in [0.25, 0.3) is 0 Å². The Kier molecular flexibility index (Phi) is 3.85. The van der Waals surface area contributed by atoms with Crippen LogP contribution in [0.1, 0.15) is 40.0 Å². The predicted molar refractivity (Wildman–Crippen MR) is 69.6 cm³/mol. The molecule has 5 atom stereocenters. The first-order chi connectivity index (χ1) is 8.78. The highest BCUT2D eigenvalue weighted by molar-refractivity contribution is 5.23. The lowest BCUT2D eigenvalue weighted by molar-refractivity contribution is -0.165. The van der Waals surface area contributed by atoms with Crippen molar-refractivity contribution < 1.29 is 19.0 Å². The van der Waals surface area contributed by atoms with Gasteiger partial charge in [-0.2, -0.15) is 8.78 Å². The lowest BCUT2D eigenvalue weighted by Gasteiger charge is -2.53. The molecule has 0 aromatic carbocycles. The zero-order chi connectivity index (χ0) is 14.4. The van der Waals surface area contributed by atoms with Crippen molar-refractivity contribution in [3.63, 3.8) is 0 Å². The summed E-state index contributed by atoms with van der Waals surface area (Å²) in [6, 6.07) is 0. The number of rotatable bonds is 1. The van der Waals surface area contributed by atoms with E-state index in [0.717, 1.165) is 5.57 Å². The first kappa shape index (κ1) is 14.7. The van der Waals surface area contributed by atoms with Gasteiger partial charge in [-0.1, -0.05) is 18.6 Å². The Morgan fingerprint density at radius 2 is 2.00 bits per heavy atom. The molecular formula is C15H22F2O2. The van der Waals surface area contributed by atoms with E-state index in [1.807, 2.05) is 13.8 Å². The van der Waals surface area contributed by atoms with Crippen molar-refractivity contribution in [2.45, 2.75) is 51.7 Å². The molecule has 0 heterocycles. The summed E-state index contributed by atoms with van der Waals surface area (Å²) in [7, 11) is 0. The largest absolute Gasteiger partial charge is 0.386 e. The lowest BCUT2D eigenvalue weighted by Crippen LogP contribution is -2.59. The number of halogens is 2. The van der Waals surface area contributed by atoms with Crippen LogP contribution in [-0.2, 0) is 0 Å². The first-order valence-corrected chi connectivity index (χ1v) is 6.88. The monoisotopic (exact) mass is 272 g/mol. The third kappa shape index (κ3) is 2.25. The minimum atomic E-state index is -1.65. The molecule has 0 aliphatic heterocycles. The molecule has 2 nitrogen and oxygen atoms in total. The van der Waals surface area contributed by atoms with E-state index in [1.165, 1.54) is 6.92 Å². The van der Waals surface area contributed by atoms with E-state index in [2.05, 4.69) is 0 Å². The van der Waals surface area contributed by atoms with Crippen LogP contribution in [0.2, 0.25) is 0 Å². The molecule has 1 fully saturated rings. The normalized spacial score (nSPS) is 42.4. The quantitative estimate of drug-likeness (QED) is 0.719. The van der Waals surface area contributed by atoms with Crippen molar-refractivity contribution in [2.24, 2.45) is 17.8 Å². The van der Waals surface area contributed by atoms with Gasteiger partial charge in [-0.15, -0.1) is 0 Å². The Labute approximate surface area is 112 Å². The smallest absolute Gasteiger partial charge is 0.269 e. The van der Waals surface area contributed by atoms with Gasteiger partial charge in [-0.25, -0.2) is 0 Å². The first-order valence-electron chi connectivity index (χ1n) is 6.88. The standard InChI is InChI=1S/C15H22F2O2/c1-8-6-12-11(10(3)14(16)17)5-4-9(2)15(12,19)13(18)7-8/h7,9,11-13,18-19H,4-6H2,1-3H3/t9-,11-,12-,13-,15-/m0/s1. The summed E-state index contributed by atoms with van der Waals surface area (Å²) in [5, 5.41) is 21.1. The summed E-state index contributed by atoms with van der Waals surface area (Å²) in [5.41, 5.74) is -0.246. The SMILES string of the molecule is CC1=C[C@H](O)[C@]2(O)[C@@H](C)CC[C@@H](C(C)=C(F)F)[C@@H]2C1. The highest BCUT2D eigenvalue weighted by atomic mass is 19.3. The van der Waals surface area contributed by atoms with Crippen LogP contribution in [-0.4, -0.2) is 21.9 Å². The zero-order valence-corrected chi connectivity index (χ0v) is 11.7. The summed E-state index contributed by atoms with van der Waals surface area (Å²) in [4.78, 5) is 0. The average Bonchev–Trinajstić information content (AvgIpc) is 2.33. The average molecular weight is 272 g/mol. The summed E-state index contributed by atoms with van der Waals surface area (Å²) < 4.78 is 25.8. The van der Waals surface area contributed by atoms with Gasteiger partial charge in [0, 0.05) is 5.92 Å². The Balaban J connectivity index is 2.44. The molecule has 0 aromatic rings. The number of fused-ring (bicyclic) bond motifs is 1. The minimum Gasteiger partial charge on any atom is -0.386 e. The van der Waals surface area contributed by atoms with E-state index in [-0.39, 0.29) is 23.3 Å². The van der Waals surface area contributed by atoms with Gasteiger partial charge in [0.15, 0.2) is 0 Å². The molecular weight excluding hydrogens is 250 g/mol. The van der Waals surface area contributed by atoms with Gasteiger partial charge in [0.25, 0.3) is 6.08 Å². The second-order valence-electron chi connectivity index (χ2n) is 6.18. The van der Waals surface area contributed by atoms with Crippen LogP contribution >= 0.6 is 0 Å². The van der Waals surface area contributed by atoms with Crippen LogP contribution in [0.4, 0.5) is 8.78 Å². The molecule has 0 unspecified atom stereocenters. The molecule has 1 saturated carbocycles. The maximum absolute atomic E-state index is 12.9. The van der Waals surface area contributed by atoms with E-state index >= 15 is 0 Å². The predicted octanol–water partition coefficient (Wildman–Crippen LogP) is 3.26. The topological polar surface area (TPSA) is 40.5 Å². The highest BCUT2D eigenvalue weighted by Gasteiger charge is 2.54. The number of aliphatic hydroxyl groups excluding tert-OH is 1. The van der Waals surface area contributed by atoms with Crippen molar-refractivity contribution >= 4 is 0 Å². The number of hydrogen-bond acceptors (Lipinski definition) is 2. The van der Waals surface area contributed by atoms with E-state index in [9.17, 15) is 19.0 Å². The van der Waals surface area contributed by atoms with Gasteiger partial charge < -0.3 is 10.2 Å². The van der Waals surface area contributed by atoms with E-state index < -0.39 is 17.8 Å². The molecule has 2 aliphatic carbocycles. The fourth-order valence-electron chi connectivity index (χ4n) is 3.84. The molecule has 19 heavy (non-hydrogen) atoms. The molecule has 2 N–H and O–H groups in total. The van der Waals surface area contributed by atoms with Crippen molar-refractivity contribution in [2.75, 3.05) is 0 Å². The van der Waals surface area contributed by atoms with Crippen molar-refractivity contribution in [1.29, 1.82) is 0 Å². The van der Waals surface area contributed by atoms with Gasteiger partial charge >= 0.3 is 0 Å². The van der Waals surface area contributed by atoms with Crippen LogP contribution in [0, 0.1) is 17.8 Å². The number of aliphatic hydroxyl groups is 2. The van der Waals surface area contributed by atoms with Crippen LogP contribution in [0.15, 0.2) is 23.3 Å². The van der Waals surface area contributed by atoms with Crippen LogP contribution in [0.3, 0.4) is 0 Å². The molecule has 0 bridgehead atoms. The molecule has 4 heteroatoms. The molecule has 0 amide bonds. The number of allylic oxidation sites excluding steroid dienone is 2. The molecule has 0 radical (unpaired) electrons. The summed E-state index contributed by atoms with van der Waals surface area (Å²) in [5.74, 6) is -0.745. The van der Waals surface area contributed by atoms with Crippen molar-refractivity contribution in [3.05, 3.63) is 23.3 Å². The second-order valence-corrected chi connectivity index (χ2v) is 6.18. The third-order valence-electron chi connectivity index (χ3n) is 5.09. The van der Waals surface area contributed by atoms with Gasteiger partial charge in [-0.05, 0) is 50.5 Å². The number of hydrogen-bond donors (Lipinski definition) is 2. The molecule has 0 saturated heterocycles. The maximum atomic E-state index is 12.9. The van der Waals surface area contributed by atoms with Gasteiger partial charge in [0.05, 0.1) is 0 Å². The van der Waals surface area contributed by atoms with Gasteiger partial charge in [0.2, 0.25) is 0 Å². The van der Waals surface area contributed by atoms with E-state index in [0.29, 0.717) is 19.3 Å². The van der Waals surface area contributed by atoms with Gasteiger partial charge in [0.1, 0.15) is 11.7 Å². The Morgan fingerprint density at radius 3 is 2.58 bits per heavy atom. The highest BCUT2D eigenvalue weighted by Crippen LogP contribution is 2.51. The minimum absolute atomic E-state index is 0.0669. The Bertz CT molecular complexity index is 426. The van der Waals surface area contributed by atoms with E-state index in [4.69, 9.17) is 0 Å². The molecule has 0 aromatic heterocycles. The Morgan fingerprint density at radius 1 is 1.37 bits per heavy atom. The van der Waals surface area contributed by atoms with Crippen LogP contribution < -0.4 is 0 Å². The van der Waals surface area contributed by atoms with E-state index in [1.54, 1.807) is 6.08 Å². The zero-order valence-electron chi connectivity index (χ0n) is 11.7. The van der Waals surface area contributed by atoms with Crippen molar-refractivity contribution in [1.82, 2.24) is 0 Å². The van der Waals surface area contributed by atoms with Crippen molar-refractivity contribution in [3.8, 4) is 0 Å². The fourth-order valence-corrected chi connectivity index (χ4v) is 3.84. The molecule has 108 valence electrons. The fraction of sp³-hybridized carbons (Fsp3) is 0.733. The Hall–Kier alpha value is -0.740. The lowest BCUT2D eigenvalue weighted by atomic mass is 9.56. The van der Waals surface area contributed by atoms with Crippen LogP contribution in [0.5, 0.6) is 0 Å². The summed E-state index contributed by atoms with van der Waals surface area (Å²) in [6.07, 6.45) is 0.944.